The van der Waals surface area contributed by atoms with Crippen LogP contribution in [0.1, 0.15) is 37.4 Å². The predicted molar refractivity (Wildman–Crippen MR) is 73.4 cm³/mol. The van der Waals surface area contributed by atoms with E-state index in [0.717, 1.165) is 23.2 Å². The van der Waals surface area contributed by atoms with Crippen molar-refractivity contribution in [2.45, 2.75) is 38.3 Å². The Bertz CT molecular complexity index is 476. The van der Waals surface area contributed by atoms with E-state index >= 15 is 0 Å². The average Bonchev–Trinajstić information content (AvgIpc) is 2.52. The van der Waals surface area contributed by atoms with Gasteiger partial charge in [-0.2, -0.15) is 0 Å². The Morgan fingerprint density at radius 3 is 2.72 bits per heavy atom. The molecule has 1 aliphatic heterocycles. The number of amides is 1. The molecule has 4 N–H and O–H groups in total. The number of nitrogens with two attached hydrogens (primary N) is 2. The van der Waals surface area contributed by atoms with Crippen LogP contribution >= 0.6 is 0 Å². The number of nitrogens with zero attached hydrogens (tertiary/aromatic N) is 1. The van der Waals surface area contributed by atoms with Crippen LogP contribution in [-0.4, -0.2) is 18.5 Å². The minimum absolute atomic E-state index is 0.0868. The smallest absolute Gasteiger partial charge is 0.231 e. The van der Waals surface area contributed by atoms with Gasteiger partial charge in [-0.3, -0.25) is 4.79 Å². The maximum atomic E-state index is 11.6. The Morgan fingerprint density at radius 1 is 1.44 bits per heavy atom. The summed E-state index contributed by atoms with van der Waals surface area (Å²) in [5.41, 5.74) is 15.0. The minimum atomic E-state index is -0.287. The third-order valence-electron chi connectivity index (χ3n) is 3.35. The van der Waals surface area contributed by atoms with Gasteiger partial charge in [0, 0.05) is 24.3 Å². The molecule has 98 valence electrons. The normalized spacial score (nSPS) is 16.9. The van der Waals surface area contributed by atoms with Gasteiger partial charge in [0.25, 0.3) is 0 Å². The lowest BCUT2D eigenvalue weighted by atomic mass is 9.91. The Morgan fingerprint density at radius 2 is 2.11 bits per heavy atom. The van der Waals surface area contributed by atoms with Gasteiger partial charge < -0.3 is 16.4 Å². The van der Waals surface area contributed by atoms with Gasteiger partial charge >= 0.3 is 0 Å². The molecule has 1 amide bonds. The summed E-state index contributed by atoms with van der Waals surface area (Å²) in [6.07, 6.45) is 1.19. The maximum absolute atomic E-state index is 11.6. The van der Waals surface area contributed by atoms with Crippen LogP contribution in [0.4, 0.5) is 5.69 Å². The molecule has 1 aromatic carbocycles. The largest absolute Gasteiger partial charge is 0.325 e. The first-order valence-electron chi connectivity index (χ1n) is 6.22. The van der Waals surface area contributed by atoms with E-state index in [0.29, 0.717) is 6.42 Å². The molecule has 4 nitrogen and oxygen atoms in total. The first kappa shape index (κ1) is 13.1. The van der Waals surface area contributed by atoms with Crippen LogP contribution in [0.15, 0.2) is 18.2 Å². The summed E-state index contributed by atoms with van der Waals surface area (Å²) in [6, 6.07) is 5.91. The first-order valence-corrected chi connectivity index (χ1v) is 6.22. The van der Waals surface area contributed by atoms with Gasteiger partial charge in [-0.25, -0.2) is 0 Å². The fourth-order valence-electron chi connectivity index (χ4n) is 2.41. The molecule has 18 heavy (non-hydrogen) atoms. The molecule has 1 heterocycles. The Hall–Kier alpha value is -1.39. The van der Waals surface area contributed by atoms with Crippen LogP contribution in [-0.2, 0) is 11.2 Å². The fourth-order valence-corrected chi connectivity index (χ4v) is 2.41. The van der Waals surface area contributed by atoms with E-state index in [-0.39, 0.29) is 17.5 Å². The van der Waals surface area contributed by atoms with Crippen LogP contribution in [0.2, 0.25) is 0 Å². The van der Waals surface area contributed by atoms with Crippen molar-refractivity contribution in [3.8, 4) is 0 Å². The van der Waals surface area contributed by atoms with Gasteiger partial charge in [-0.05, 0) is 37.5 Å². The third kappa shape index (κ3) is 2.54. The lowest BCUT2D eigenvalue weighted by molar-refractivity contribution is -0.117. The summed E-state index contributed by atoms with van der Waals surface area (Å²) in [7, 11) is 1.80. The number of carbonyl (C=O) groups is 1. The van der Waals surface area contributed by atoms with E-state index in [9.17, 15) is 4.79 Å². The second kappa shape index (κ2) is 4.37. The zero-order valence-corrected chi connectivity index (χ0v) is 11.2. The molecule has 0 spiro atoms. The number of hydrogen-bond donors (Lipinski definition) is 2. The van der Waals surface area contributed by atoms with E-state index < -0.39 is 0 Å². The van der Waals surface area contributed by atoms with Crippen molar-refractivity contribution in [2.24, 2.45) is 11.5 Å². The number of rotatable bonds is 3. The molecule has 0 aliphatic carbocycles. The monoisotopic (exact) mass is 247 g/mol. The number of hydrogen-bond acceptors (Lipinski definition) is 3. The molecule has 0 aromatic heterocycles. The van der Waals surface area contributed by atoms with Crippen molar-refractivity contribution < 1.29 is 4.79 Å². The number of fused-ring (bicyclic) bond motifs is 1. The molecule has 1 aromatic rings. The molecule has 1 atom stereocenters. The van der Waals surface area contributed by atoms with Crippen LogP contribution in [0.3, 0.4) is 0 Å². The van der Waals surface area contributed by atoms with Crippen molar-refractivity contribution >= 4 is 11.6 Å². The maximum Gasteiger partial charge on any atom is 0.231 e. The summed E-state index contributed by atoms with van der Waals surface area (Å²) in [5, 5.41) is 0. The Kier molecular flexibility index (Phi) is 3.17. The summed E-state index contributed by atoms with van der Waals surface area (Å²) in [5.74, 6) is 0.134. The Labute approximate surface area is 108 Å². The summed E-state index contributed by atoms with van der Waals surface area (Å²) < 4.78 is 0. The van der Waals surface area contributed by atoms with Gasteiger partial charge in [0.1, 0.15) is 0 Å². The number of benzene rings is 1. The molecular formula is C14H21N3O. The van der Waals surface area contributed by atoms with Gasteiger partial charge in [-0.15, -0.1) is 0 Å². The zero-order valence-electron chi connectivity index (χ0n) is 11.2. The molecule has 0 saturated carbocycles. The second-order valence-corrected chi connectivity index (χ2v) is 5.82. The summed E-state index contributed by atoms with van der Waals surface area (Å²) in [4.78, 5) is 13.3. The summed E-state index contributed by atoms with van der Waals surface area (Å²) >= 11 is 0. The van der Waals surface area contributed by atoms with Crippen molar-refractivity contribution in [3.05, 3.63) is 29.3 Å². The minimum Gasteiger partial charge on any atom is -0.325 e. The van der Waals surface area contributed by atoms with Crippen LogP contribution in [0.5, 0.6) is 0 Å². The van der Waals surface area contributed by atoms with Gasteiger partial charge in [0.05, 0.1) is 6.42 Å². The van der Waals surface area contributed by atoms with Gasteiger partial charge in [0.2, 0.25) is 5.91 Å². The van der Waals surface area contributed by atoms with Crippen LogP contribution < -0.4 is 16.4 Å². The molecular weight excluding hydrogens is 226 g/mol. The molecule has 2 rings (SSSR count). The number of carbonyl (C=O) groups excluding carboxylic acids is 1. The van der Waals surface area contributed by atoms with E-state index in [1.165, 1.54) is 0 Å². The lowest BCUT2D eigenvalue weighted by Gasteiger charge is -2.24. The molecule has 1 unspecified atom stereocenters. The van der Waals surface area contributed by atoms with Crippen LogP contribution in [0, 0.1) is 0 Å². The highest BCUT2D eigenvalue weighted by atomic mass is 16.2. The molecule has 0 bridgehead atoms. The standard InChI is InChI=1S/C14H21N3O/c1-14(2,16)8-11(15)9-4-5-12-10(6-9)7-13(18)17(12)3/h4-6,11H,7-8,15-16H2,1-3H3. The highest BCUT2D eigenvalue weighted by Crippen LogP contribution is 2.31. The average molecular weight is 247 g/mol. The highest BCUT2D eigenvalue weighted by molar-refractivity contribution is 6.00. The molecule has 0 fully saturated rings. The van der Waals surface area contributed by atoms with Crippen LogP contribution in [0.25, 0.3) is 0 Å². The second-order valence-electron chi connectivity index (χ2n) is 5.82. The molecule has 0 saturated heterocycles. The zero-order chi connectivity index (χ0) is 13.5. The predicted octanol–water partition coefficient (Wildman–Crippen LogP) is 1.33. The van der Waals surface area contributed by atoms with Gasteiger partial charge in [0.15, 0.2) is 0 Å². The lowest BCUT2D eigenvalue weighted by Crippen LogP contribution is -2.35. The molecule has 4 heteroatoms. The van der Waals surface area contributed by atoms with E-state index in [1.807, 2.05) is 32.0 Å². The van der Waals surface area contributed by atoms with E-state index in [2.05, 4.69) is 0 Å². The topological polar surface area (TPSA) is 72.3 Å². The SMILES string of the molecule is CN1C(=O)Cc2cc(C(N)CC(C)(C)N)ccc21. The van der Waals surface area contributed by atoms with Crippen molar-refractivity contribution in [2.75, 3.05) is 11.9 Å². The molecule has 1 aliphatic rings. The quantitative estimate of drug-likeness (QED) is 0.846. The first-order chi connectivity index (χ1) is 8.28. The van der Waals surface area contributed by atoms with E-state index in [4.69, 9.17) is 11.5 Å². The van der Waals surface area contributed by atoms with Crippen molar-refractivity contribution in [1.29, 1.82) is 0 Å². The number of anilines is 1. The Balaban J connectivity index is 2.23. The van der Waals surface area contributed by atoms with E-state index in [1.54, 1.807) is 11.9 Å². The van der Waals surface area contributed by atoms with Gasteiger partial charge in [-0.1, -0.05) is 12.1 Å². The van der Waals surface area contributed by atoms with Crippen molar-refractivity contribution in [3.63, 3.8) is 0 Å². The highest BCUT2D eigenvalue weighted by Gasteiger charge is 2.25. The van der Waals surface area contributed by atoms with Crippen molar-refractivity contribution in [1.82, 2.24) is 0 Å². The third-order valence-corrected chi connectivity index (χ3v) is 3.35. The molecule has 0 radical (unpaired) electrons. The summed E-state index contributed by atoms with van der Waals surface area (Å²) in [6.45, 7) is 3.94. The number of likely N-dealkylation sites (N-methyl/N-ethyl adjacent to an activating group) is 1. The fraction of sp³-hybridized carbons (Fsp3) is 0.500.